The molecule has 1 fully saturated rings. The first-order valence-corrected chi connectivity index (χ1v) is 11.0. The molecule has 1 aliphatic rings. The molecular weight excluding hydrogens is 414 g/mol. The Morgan fingerprint density at radius 1 is 1.32 bits per heavy atom. The van der Waals surface area contributed by atoms with E-state index in [0.717, 1.165) is 36.3 Å². The van der Waals surface area contributed by atoms with Crippen LogP contribution in [0.15, 0.2) is 48.1 Å². The molecule has 3 heterocycles. The first-order valence-electron chi connectivity index (χ1n) is 10.2. The van der Waals surface area contributed by atoms with Crippen LogP contribution in [0.3, 0.4) is 0 Å². The summed E-state index contributed by atoms with van der Waals surface area (Å²) in [5.74, 6) is -0.628. The Kier molecular flexibility index (Phi) is 6.34. The zero-order valence-corrected chi connectivity index (χ0v) is 18.1. The van der Waals surface area contributed by atoms with Crippen LogP contribution in [0.2, 0.25) is 0 Å². The van der Waals surface area contributed by atoms with Crippen molar-refractivity contribution >= 4 is 34.0 Å². The van der Waals surface area contributed by atoms with Gasteiger partial charge in [-0.25, -0.2) is 4.98 Å². The van der Waals surface area contributed by atoms with Crippen LogP contribution in [0.1, 0.15) is 23.2 Å². The highest BCUT2D eigenvalue weighted by molar-refractivity contribution is 7.14. The van der Waals surface area contributed by atoms with E-state index in [1.165, 1.54) is 11.3 Å². The van der Waals surface area contributed by atoms with Crippen LogP contribution < -0.4 is 15.5 Å². The number of benzene rings is 1. The molecule has 2 aromatic heterocycles. The fourth-order valence-corrected chi connectivity index (χ4v) is 4.31. The largest absolute Gasteiger partial charge is 0.391 e. The predicted molar refractivity (Wildman–Crippen MR) is 121 cm³/mol. The number of aliphatic hydroxyl groups excluding tert-OH is 1. The molecule has 3 N–H and O–H groups in total. The van der Waals surface area contributed by atoms with E-state index in [0.29, 0.717) is 17.2 Å². The summed E-state index contributed by atoms with van der Waals surface area (Å²) in [5.41, 5.74) is 3.28. The second-order valence-electron chi connectivity index (χ2n) is 7.63. The minimum Gasteiger partial charge on any atom is -0.391 e. The highest BCUT2D eigenvalue weighted by Gasteiger charge is 2.18. The number of rotatable bonds is 6. The van der Waals surface area contributed by atoms with Gasteiger partial charge in [0.15, 0.2) is 5.13 Å². The van der Waals surface area contributed by atoms with Crippen LogP contribution >= 0.6 is 11.3 Å². The van der Waals surface area contributed by atoms with Gasteiger partial charge in [-0.15, -0.1) is 11.3 Å². The van der Waals surface area contributed by atoms with Crippen molar-refractivity contribution in [2.45, 2.75) is 18.9 Å². The van der Waals surface area contributed by atoms with E-state index in [2.05, 4.69) is 26.6 Å². The fraction of sp³-hybridized carbons (Fsp3) is 0.318. The smallest absolute Gasteiger partial charge is 0.253 e. The number of hydrogen-bond donors (Lipinski definition) is 3. The summed E-state index contributed by atoms with van der Waals surface area (Å²) in [6, 6.07) is 9.73. The lowest BCUT2D eigenvalue weighted by Gasteiger charge is -2.32. The number of carbonyl (C=O) groups is 2. The van der Waals surface area contributed by atoms with Gasteiger partial charge in [0.05, 0.1) is 23.9 Å². The third-order valence-corrected chi connectivity index (χ3v) is 5.92. The molecule has 8 nitrogen and oxygen atoms in total. The van der Waals surface area contributed by atoms with E-state index in [1.807, 2.05) is 30.6 Å². The van der Waals surface area contributed by atoms with Crippen LogP contribution in [0.25, 0.3) is 11.3 Å². The summed E-state index contributed by atoms with van der Waals surface area (Å²) in [7, 11) is 1.83. The predicted octanol–water partition coefficient (Wildman–Crippen LogP) is 2.48. The zero-order chi connectivity index (χ0) is 21.8. The molecule has 0 spiro atoms. The topological polar surface area (TPSA) is 99.5 Å². The number of nitrogens with zero attached hydrogens (tertiary/aromatic N) is 3. The first kappa shape index (κ1) is 21.1. The van der Waals surface area contributed by atoms with Crippen molar-refractivity contribution in [1.82, 2.24) is 14.9 Å². The highest BCUT2D eigenvalue weighted by Crippen LogP contribution is 2.29. The summed E-state index contributed by atoms with van der Waals surface area (Å²) in [4.78, 5) is 30.9. The summed E-state index contributed by atoms with van der Waals surface area (Å²) < 4.78 is 1.77. The number of hydrogen-bond acceptors (Lipinski definition) is 6. The fourth-order valence-electron chi connectivity index (χ4n) is 3.58. The Morgan fingerprint density at radius 3 is 2.97 bits per heavy atom. The standard InChI is InChI=1S/C22H25N5O3S/c1-26-9-7-16(12-26)21(30)23-11-20(29)25-22-24-19(14-31-22)15-4-2-5-17(10-15)27-8-3-6-18(28)13-27/h2,4-5,7,9-10,12,14,18,28H,3,6,8,11,13H2,1H3,(H,23,30)(H,24,25,29). The highest BCUT2D eigenvalue weighted by atomic mass is 32.1. The van der Waals surface area contributed by atoms with Gasteiger partial charge in [0.25, 0.3) is 5.91 Å². The van der Waals surface area contributed by atoms with Gasteiger partial charge in [-0.2, -0.15) is 0 Å². The van der Waals surface area contributed by atoms with Crippen molar-refractivity contribution in [3.05, 3.63) is 53.7 Å². The van der Waals surface area contributed by atoms with Gasteiger partial charge < -0.3 is 25.2 Å². The molecule has 4 rings (SSSR count). The van der Waals surface area contributed by atoms with E-state index in [4.69, 9.17) is 0 Å². The average molecular weight is 440 g/mol. The van der Waals surface area contributed by atoms with Crippen LogP contribution in [-0.4, -0.2) is 52.2 Å². The number of amides is 2. The molecule has 0 bridgehead atoms. The minimum atomic E-state index is -0.332. The number of anilines is 2. The molecule has 31 heavy (non-hydrogen) atoms. The van der Waals surface area contributed by atoms with Crippen molar-refractivity contribution in [3.8, 4) is 11.3 Å². The second kappa shape index (κ2) is 9.32. The van der Waals surface area contributed by atoms with Gasteiger partial charge in [-0.05, 0) is 31.0 Å². The summed E-state index contributed by atoms with van der Waals surface area (Å²) in [5, 5.41) is 17.6. The quantitative estimate of drug-likeness (QED) is 0.548. The van der Waals surface area contributed by atoms with Crippen LogP contribution in [0.5, 0.6) is 0 Å². The third-order valence-electron chi connectivity index (χ3n) is 5.16. The van der Waals surface area contributed by atoms with Crippen molar-refractivity contribution in [3.63, 3.8) is 0 Å². The van der Waals surface area contributed by atoms with E-state index < -0.39 is 0 Å². The molecule has 1 aliphatic heterocycles. The zero-order valence-electron chi connectivity index (χ0n) is 17.2. The molecule has 0 radical (unpaired) electrons. The van der Waals surface area contributed by atoms with Crippen molar-refractivity contribution in [2.24, 2.45) is 7.05 Å². The number of aryl methyl sites for hydroxylation is 1. The second-order valence-corrected chi connectivity index (χ2v) is 8.48. The van der Waals surface area contributed by atoms with Gasteiger partial charge >= 0.3 is 0 Å². The van der Waals surface area contributed by atoms with Gasteiger partial charge in [-0.3, -0.25) is 9.59 Å². The normalized spacial score (nSPS) is 16.2. The van der Waals surface area contributed by atoms with Crippen LogP contribution in [-0.2, 0) is 11.8 Å². The van der Waals surface area contributed by atoms with Crippen molar-refractivity contribution < 1.29 is 14.7 Å². The third kappa shape index (κ3) is 5.31. The van der Waals surface area contributed by atoms with E-state index in [9.17, 15) is 14.7 Å². The summed E-state index contributed by atoms with van der Waals surface area (Å²) >= 11 is 1.34. The molecule has 3 aromatic rings. The van der Waals surface area contributed by atoms with Gasteiger partial charge in [0.1, 0.15) is 0 Å². The number of aromatic nitrogens is 2. The van der Waals surface area contributed by atoms with Crippen molar-refractivity contribution in [2.75, 3.05) is 29.9 Å². The molecule has 1 unspecified atom stereocenters. The first-order chi connectivity index (χ1) is 15.0. The molecule has 1 atom stereocenters. The maximum absolute atomic E-state index is 12.2. The van der Waals surface area contributed by atoms with Gasteiger partial charge in [0.2, 0.25) is 5.91 Å². The van der Waals surface area contributed by atoms with Gasteiger partial charge in [0, 0.05) is 49.2 Å². The molecule has 162 valence electrons. The Morgan fingerprint density at radius 2 is 2.19 bits per heavy atom. The van der Waals surface area contributed by atoms with E-state index >= 15 is 0 Å². The number of β-amino-alcohol motifs (C(OH)–C–C–N with tert-alkyl or cyclic N) is 1. The monoisotopic (exact) mass is 439 g/mol. The molecule has 1 aromatic carbocycles. The lowest BCUT2D eigenvalue weighted by Crippen LogP contribution is -2.38. The molecule has 9 heteroatoms. The number of carbonyl (C=O) groups excluding carboxylic acids is 2. The van der Waals surface area contributed by atoms with Crippen LogP contribution in [0, 0.1) is 0 Å². The maximum Gasteiger partial charge on any atom is 0.253 e. The lowest BCUT2D eigenvalue weighted by atomic mass is 10.1. The Balaban J connectivity index is 1.35. The number of nitrogens with one attached hydrogen (secondary N) is 2. The van der Waals surface area contributed by atoms with E-state index in [-0.39, 0.29) is 24.5 Å². The SMILES string of the molecule is Cn1ccc(C(=O)NCC(=O)Nc2nc(-c3cccc(N4CCCC(O)C4)c3)cs2)c1. The van der Waals surface area contributed by atoms with Crippen LogP contribution in [0.4, 0.5) is 10.8 Å². The van der Waals surface area contributed by atoms with Gasteiger partial charge in [-0.1, -0.05) is 12.1 Å². The van der Waals surface area contributed by atoms with E-state index in [1.54, 1.807) is 23.0 Å². The molecular formula is C22H25N5O3S. The maximum atomic E-state index is 12.2. The summed E-state index contributed by atoms with van der Waals surface area (Å²) in [6.45, 7) is 1.43. The Hall–Kier alpha value is -3.17. The number of aliphatic hydroxyl groups is 1. The summed E-state index contributed by atoms with van der Waals surface area (Å²) in [6.07, 6.45) is 4.99. The number of thiazole rings is 1. The minimum absolute atomic E-state index is 0.130. The molecule has 2 amide bonds. The Labute approximate surface area is 184 Å². The molecule has 1 saturated heterocycles. The molecule has 0 saturated carbocycles. The average Bonchev–Trinajstić information content (AvgIpc) is 3.41. The number of piperidine rings is 1. The molecule has 0 aliphatic carbocycles. The Bertz CT molecular complexity index is 1080. The van der Waals surface area contributed by atoms with Crippen molar-refractivity contribution in [1.29, 1.82) is 0 Å². The lowest BCUT2D eigenvalue weighted by molar-refractivity contribution is -0.115.